The van der Waals surface area contributed by atoms with Gasteiger partial charge >= 0.3 is 12.2 Å². The number of benzodiazepines with no additional fused rings is 1. The maximum absolute atomic E-state index is 13.4. The Kier molecular flexibility index (Phi) is 7.35. The molecule has 0 radical (unpaired) electrons. The summed E-state index contributed by atoms with van der Waals surface area (Å²) in [4.78, 5) is 8.62. The van der Waals surface area contributed by atoms with Crippen LogP contribution in [0.1, 0.15) is 23.1 Å². The standard InChI is InChI=1S/C26H24F3N7O2S/c1-14(37-3)13-30-23-20(33-24(39-23)26(27,28)29)22-35-36-25(38-22)34-21-15(2)31-18-12-8-7-11-17(18)19(32-21)16-9-5-4-6-10-16/h4-12,14,21,30-31H,2,13H2,1,3H3,(H,34,36)/t14-,21+/m0/s1. The molecule has 0 bridgehead atoms. The van der Waals surface area contributed by atoms with Crippen molar-refractivity contribution in [3.63, 3.8) is 0 Å². The molecule has 0 saturated heterocycles. The maximum Gasteiger partial charge on any atom is 0.443 e. The Morgan fingerprint density at radius 3 is 2.62 bits per heavy atom. The first-order valence-corrected chi connectivity index (χ1v) is 12.7. The first-order chi connectivity index (χ1) is 18.7. The molecule has 13 heteroatoms. The van der Waals surface area contributed by atoms with Gasteiger partial charge in [-0.05, 0) is 13.0 Å². The van der Waals surface area contributed by atoms with Gasteiger partial charge in [0.1, 0.15) is 5.00 Å². The number of para-hydroxylation sites is 1. The van der Waals surface area contributed by atoms with E-state index < -0.39 is 17.3 Å². The summed E-state index contributed by atoms with van der Waals surface area (Å²) < 4.78 is 51.2. The van der Waals surface area contributed by atoms with Crippen LogP contribution in [-0.2, 0) is 10.9 Å². The molecule has 4 aromatic rings. The molecule has 1 aliphatic heterocycles. The smallest absolute Gasteiger partial charge is 0.402 e. The number of nitrogens with one attached hydrogen (secondary N) is 3. The average molecular weight is 556 g/mol. The van der Waals surface area contributed by atoms with Crippen LogP contribution in [0.3, 0.4) is 0 Å². The van der Waals surface area contributed by atoms with E-state index in [2.05, 4.69) is 37.7 Å². The predicted octanol–water partition coefficient (Wildman–Crippen LogP) is 5.87. The lowest BCUT2D eigenvalue weighted by molar-refractivity contribution is -0.137. The third kappa shape index (κ3) is 5.78. The summed E-state index contributed by atoms with van der Waals surface area (Å²) >= 11 is 0.456. The van der Waals surface area contributed by atoms with E-state index in [9.17, 15) is 13.2 Å². The summed E-state index contributed by atoms with van der Waals surface area (Å²) in [6.07, 6.45) is -5.61. The van der Waals surface area contributed by atoms with Crippen LogP contribution in [0.2, 0.25) is 0 Å². The van der Waals surface area contributed by atoms with E-state index in [-0.39, 0.29) is 35.2 Å². The number of fused-ring (bicyclic) bond motifs is 1. The number of aromatic nitrogens is 3. The van der Waals surface area contributed by atoms with Gasteiger partial charge in [-0.25, -0.2) is 4.98 Å². The van der Waals surface area contributed by atoms with E-state index in [4.69, 9.17) is 14.1 Å². The van der Waals surface area contributed by atoms with Crippen molar-refractivity contribution in [1.29, 1.82) is 0 Å². The molecule has 202 valence electrons. The largest absolute Gasteiger partial charge is 0.443 e. The fraction of sp³-hybridized carbons (Fsp3) is 0.231. The molecule has 39 heavy (non-hydrogen) atoms. The zero-order chi connectivity index (χ0) is 27.6. The topological polar surface area (TPSA) is 109 Å². The van der Waals surface area contributed by atoms with Gasteiger partial charge in [-0.1, -0.05) is 71.5 Å². The zero-order valence-electron chi connectivity index (χ0n) is 20.9. The molecule has 0 saturated carbocycles. The second-order valence-electron chi connectivity index (χ2n) is 8.62. The number of ether oxygens (including phenoxy) is 1. The van der Waals surface area contributed by atoms with E-state index in [1.807, 2.05) is 54.6 Å². The van der Waals surface area contributed by atoms with Gasteiger partial charge in [0.25, 0.3) is 5.89 Å². The molecule has 0 aliphatic carbocycles. The SMILES string of the molecule is C=C1Nc2ccccc2C(c2ccccc2)=N[C@@H]1Nc1nnc(-c2nc(C(F)(F)F)sc2NC[C@H](C)OC)o1. The second-order valence-corrected chi connectivity index (χ2v) is 9.62. The van der Waals surface area contributed by atoms with Gasteiger partial charge < -0.3 is 25.1 Å². The highest BCUT2D eigenvalue weighted by molar-refractivity contribution is 7.16. The number of halogens is 3. The average Bonchev–Trinajstić information content (AvgIpc) is 3.54. The van der Waals surface area contributed by atoms with E-state index in [0.717, 1.165) is 16.8 Å². The van der Waals surface area contributed by atoms with Crippen LogP contribution in [0.25, 0.3) is 11.6 Å². The normalized spacial score (nSPS) is 16.1. The number of thiazole rings is 1. The Morgan fingerprint density at radius 1 is 1.13 bits per heavy atom. The Balaban J connectivity index is 1.46. The number of anilines is 3. The lowest BCUT2D eigenvalue weighted by atomic mass is 10.0. The Hall–Kier alpha value is -4.23. The van der Waals surface area contributed by atoms with Gasteiger partial charge in [0.2, 0.25) is 5.01 Å². The van der Waals surface area contributed by atoms with E-state index in [0.29, 0.717) is 22.7 Å². The lowest BCUT2D eigenvalue weighted by Crippen LogP contribution is -2.23. The number of nitrogens with zero attached hydrogens (tertiary/aromatic N) is 4. The van der Waals surface area contributed by atoms with Crippen molar-refractivity contribution in [1.82, 2.24) is 15.2 Å². The number of benzene rings is 2. The summed E-state index contributed by atoms with van der Waals surface area (Å²) in [7, 11) is 1.51. The first kappa shape index (κ1) is 26.4. The van der Waals surface area contributed by atoms with Crippen molar-refractivity contribution < 1.29 is 22.3 Å². The Morgan fingerprint density at radius 2 is 1.87 bits per heavy atom. The van der Waals surface area contributed by atoms with Crippen molar-refractivity contribution in [3.05, 3.63) is 83.0 Å². The molecular formula is C26H24F3N7O2S. The van der Waals surface area contributed by atoms with E-state index in [1.165, 1.54) is 7.11 Å². The van der Waals surface area contributed by atoms with Crippen LogP contribution in [0.4, 0.5) is 29.9 Å². The molecule has 2 aromatic heterocycles. The van der Waals surface area contributed by atoms with Crippen LogP contribution < -0.4 is 16.0 Å². The molecule has 2 atom stereocenters. The lowest BCUT2D eigenvalue weighted by Gasteiger charge is -2.15. The monoisotopic (exact) mass is 555 g/mol. The van der Waals surface area contributed by atoms with Crippen molar-refractivity contribution in [2.45, 2.75) is 25.4 Å². The fourth-order valence-corrected chi connectivity index (χ4v) is 4.61. The van der Waals surface area contributed by atoms with Crippen molar-refractivity contribution in [3.8, 4) is 11.6 Å². The minimum atomic E-state index is -4.63. The zero-order valence-corrected chi connectivity index (χ0v) is 21.7. The molecule has 0 unspecified atom stereocenters. The van der Waals surface area contributed by atoms with Gasteiger partial charge in [0.05, 0.1) is 17.5 Å². The number of alkyl halides is 3. The molecule has 0 spiro atoms. The number of rotatable bonds is 8. The van der Waals surface area contributed by atoms with Gasteiger partial charge in [-0.15, -0.1) is 5.10 Å². The van der Waals surface area contributed by atoms with Crippen LogP contribution in [0.15, 0.2) is 76.3 Å². The quantitative estimate of drug-likeness (QED) is 0.248. The molecular weight excluding hydrogens is 531 g/mol. The number of aliphatic imine (C=N–C) groups is 1. The van der Waals surface area contributed by atoms with Crippen LogP contribution in [0.5, 0.6) is 0 Å². The highest BCUT2D eigenvalue weighted by atomic mass is 32.1. The van der Waals surface area contributed by atoms with Gasteiger partial charge in [0.15, 0.2) is 11.9 Å². The minimum absolute atomic E-state index is 0.0576. The molecule has 9 nitrogen and oxygen atoms in total. The van der Waals surface area contributed by atoms with Crippen molar-refractivity contribution in [2.24, 2.45) is 4.99 Å². The summed E-state index contributed by atoms with van der Waals surface area (Å²) in [6.45, 7) is 6.15. The van der Waals surface area contributed by atoms with E-state index in [1.54, 1.807) is 6.92 Å². The third-order valence-electron chi connectivity index (χ3n) is 5.82. The van der Waals surface area contributed by atoms with Crippen LogP contribution in [0, 0.1) is 0 Å². The first-order valence-electron chi connectivity index (χ1n) is 11.9. The summed E-state index contributed by atoms with van der Waals surface area (Å²) in [6, 6.07) is 17.3. The van der Waals surface area contributed by atoms with Crippen LogP contribution in [-0.4, -0.2) is 46.8 Å². The number of hydrogen-bond donors (Lipinski definition) is 3. The van der Waals surface area contributed by atoms with E-state index >= 15 is 0 Å². The van der Waals surface area contributed by atoms with Crippen molar-refractivity contribution >= 4 is 33.8 Å². The summed E-state index contributed by atoms with van der Waals surface area (Å²) in [5.74, 6) is -0.181. The van der Waals surface area contributed by atoms with Crippen LogP contribution >= 0.6 is 11.3 Å². The second kappa shape index (κ2) is 10.9. The highest BCUT2D eigenvalue weighted by Crippen LogP contribution is 2.40. The molecule has 0 amide bonds. The molecule has 1 aliphatic rings. The molecule has 3 heterocycles. The molecule has 5 rings (SSSR count). The summed E-state index contributed by atoms with van der Waals surface area (Å²) in [5, 5.41) is 16.3. The Labute approximate surface area is 225 Å². The predicted molar refractivity (Wildman–Crippen MR) is 144 cm³/mol. The number of hydrogen-bond acceptors (Lipinski definition) is 10. The van der Waals surface area contributed by atoms with Gasteiger partial charge in [0, 0.05) is 30.5 Å². The minimum Gasteiger partial charge on any atom is -0.402 e. The maximum atomic E-state index is 13.4. The fourth-order valence-electron chi connectivity index (χ4n) is 3.78. The molecule has 2 aromatic carbocycles. The van der Waals surface area contributed by atoms with Gasteiger partial charge in [-0.3, -0.25) is 4.99 Å². The number of methoxy groups -OCH3 is 1. The Bertz CT molecular complexity index is 1500. The highest BCUT2D eigenvalue weighted by Gasteiger charge is 2.37. The van der Waals surface area contributed by atoms with Crippen molar-refractivity contribution in [2.75, 3.05) is 29.6 Å². The molecule has 3 N–H and O–H groups in total. The third-order valence-corrected chi connectivity index (χ3v) is 6.88. The summed E-state index contributed by atoms with van der Waals surface area (Å²) in [5.41, 5.74) is 3.71. The van der Waals surface area contributed by atoms with Gasteiger partial charge in [-0.2, -0.15) is 13.2 Å². The molecule has 0 fully saturated rings.